The highest BCUT2D eigenvalue weighted by atomic mass is 35.5. The van der Waals surface area contributed by atoms with E-state index in [0.717, 1.165) is 6.20 Å². The zero-order valence-electron chi connectivity index (χ0n) is 8.11. The average Bonchev–Trinajstić information content (AvgIpc) is 2.24. The van der Waals surface area contributed by atoms with Crippen molar-refractivity contribution in [3.63, 3.8) is 0 Å². The molecule has 0 bridgehead atoms. The fourth-order valence-corrected chi connectivity index (χ4v) is 1.32. The number of hydrogen-bond donors (Lipinski definition) is 2. The lowest BCUT2D eigenvalue weighted by molar-refractivity contribution is 0.619. The molecule has 0 saturated heterocycles. The highest BCUT2D eigenvalue weighted by Gasteiger charge is 2.05. The van der Waals surface area contributed by atoms with Gasteiger partial charge in [-0.15, -0.1) is 0 Å². The van der Waals surface area contributed by atoms with Crippen molar-refractivity contribution >= 4 is 28.8 Å². The molecule has 0 fully saturated rings. The number of nitrogen functional groups attached to an aromatic ring is 1. The Kier molecular flexibility index (Phi) is 2.87. The van der Waals surface area contributed by atoms with E-state index in [1.54, 1.807) is 24.3 Å². The molecule has 2 rings (SSSR count). The second-order valence-corrected chi connectivity index (χ2v) is 3.42. The van der Waals surface area contributed by atoms with E-state index < -0.39 is 5.82 Å². The molecule has 6 heteroatoms. The van der Waals surface area contributed by atoms with Crippen molar-refractivity contribution in [1.29, 1.82) is 0 Å². The summed E-state index contributed by atoms with van der Waals surface area (Å²) >= 11 is 5.56. The van der Waals surface area contributed by atoms with Crippen molar-refractivity contribution in [1.82, 2.24) is 9.97 Å². The Morgan fingerprint density at radius 1 is 1.38 bits per heavy atom. The molecule has 3 N–H and O–H groups in total. The molecule has 2 aromatic rings. The van der Waals surface area contributed by atoms with Gasteiger partial charge in [-0.25, -0.2) is 9.37 Å². The number of hydrogen-bond acceptors (Lipinski definition) is 4. The number of nitrogens with one attached hydrogen (secondary N) is 1. The first kappa shape index (κ1) is 10.6. The average molecular weight is 239 g/mol. The molecule has 0 aliphatic rings. The van der Waals surface area contributed by atoms with Crippen LogP contribution < -0.4 is 11.1 Å². The van der Waals surface area contributed by atoms with Gasteiger partial charge in [0.25, 0.3) is 0 Å². The summed E-state index contributed by atoms with van der Waals surface area (Å²) in [6.45, 7) is 0. The van der Waals surface area contributed by atoms with Crippen LogP contribution in [0.4, 0.5) is 21.6 Å². The van der Waals surface area contributed by atoms with Gasteiger partial charge in [-0.1, -0.05) is 6.07 Å². The van der Waals surface area contributed by atoms with Gasteiger partial charge in [0.15, 0.2) is 11.6 Å². The molecule has 1 aromatic heterocycles. The van der Waals surface area contributed by atoms with Gasteiger partial charge in [0.2, 0.25) is 5.28 Å². The van der Waals surface area contributed by atoms with Gasteiger partial charge >= 0.3 is 0 Å². The van der Waals surface area contributed by atoms with E-state index in [4.69, 9.17) is 17.3 Å². The van der Waals surface area contributed by atoms with E-state index in [-0.39, 0.29) is 11.1 Å². The van der Waals surface area contributed by atoms with E-state index in [1.807, 2.05) is 0 Å². The molecule has 0 aliphatic carbocycles. The Bertz CT molecular complexity index is 518. The van der Waals surface area contributed by atoms with Gasteiger partial charge in [-0.2, -0.15) is 4.98 Å². The van der Waals surface area contributed by atoms with Crippen molar-refractivity contribution in [3.8, 4) is 0 Å². The lowest BCUT2D eigenvalue weighted by atomic mass is 10.3. The van der Waals surface area contributed by atoms with E-state index in [0.29, 0.717) is 11.4 Å². The van der Waals surface area contributed by atoms with Crippen molar-refractivity contribution < 1.29 is 4.39 Å². The predicted molar refractivity (Wildman–Crippen MR) is 61.1 cm³/mol. The smallest absolute Gasteiger partial charge is 0.224 e. The van der Waals surface area contributed by atoms with Crippen LogP contribution in [0.1, 0.15) is 0 Å². The number of benzene rings is 1. The van der Waals surface area contributed by atoms with Crippen molar-refractivity contribution in [2.75, 3.05) is 11.1 Å². The largest absolute Gasteiger partial charge is 0.399 e. The first-order valence-electron chi connectivity index (χ1n) is 4.46. The quantitative estimate of drug-likeness (QED) is 0.624. The molecule has 1 heterocycles. The summed E-state index contributed by atoms with van der Waals surface area (Å²) in [5.74, 6) is -0.558. The Morgan fingerprint density at radius 3 is 2.94 bits per heavy atom. The molecule has 0 unspecified atom stereocenters. The third kappa shape index (κ3) is 2.38. The number of aromatic nitrogens is 2. The lowest BCUT2D eigenvalue weighted by Gasteiger charge is -2.06. The van der Waals surface area contributed by atoms with Gasteiger partial charge in [0.05, 0.1) is 6.20 Å². The van der Waals surface area contributed by atoms with Crippen LogP contribution in [0.5, 0.6) is 0 Å². The van der Waals surface area contributed by atoms with Crippen LogP contribution in [-0.4, -0.2) is 9.97 Å². The Morgan fingerprint density at radius 2 is 2.19 bits per heavy atom. The number of nitrogens with two attached hydrogens (primary N) is 1. The van der Waals surface area contributed by atoms with E-state index in [2.05, 4.69) is 15.3 Å². The molecule has 0 amide bonds. The SMILES string of the molecule is Nc1cccc(Nc2nc(Cl)ncc2F)c1. The highest BCUT2D eigenvalue weighted by Crippen LogP contribution is 2.19. The number of nitrogens with zero attached hydrogens (tertiary/aromatic N) is 2. The summed E-state index contributed by atoms with van der Waals surface area (Å²) in [6.07, 6.45) is 1.00. The van der Waals surface area contributed by atoms with Crippen LogP contribution in [0.15, 0.2) is 30.5 Å². The first-order valence-corrected chi connectivity index (χ1v) is 4.83. The molecule has 0 spiro atoms. The van der Waals surface area contributed by atoms with Crippen molar-refractivity contribution in [2.24, 2.45) is 0 Å². The topological polar surface area (TPSA) is 63.8 Å². The third-order valence-corrected chi connectivity index (χ3v) is 2.05. The summed E-state index contributed by atoms with van der Waals surface area (Å²) in [5.41, 5.74) is 6.80. The fourth-order valence-electron chi connectivity index (χ4n) is 1.19. The standard InChI is InChI=1S/C10H8ClFN4/c11-10-14-5-8(12)9(16-10)15-7-3-1-2-6(13)4-7/h1-5H,13H2,(H,14,15,16). The minimum absolute atomic E-state index is 0.0191. The van der Waals surface area contributed by atoms with Crippen LogP contribution in [0, 0.1) is 5.82 Å². The normalized spacial score (nSPS) is 10.1. The maximum Gasteiger partial charge on any atom is 0.224 e. The van der Waals surface area contributed by atoms with E-state index >= 15 is 0 Å². The minimum atomic E-state index is -0.577. The molecular formula is C10H8ClFN4. The Hall–Kier alpha value is -1.88. The lowest BCUT2D eigenvalue weighted by Crippen LogP contribution is -1.99. The summed E-state index contributed by atoms with van der Waals surface area (Å²) in [6, 6.07) is 6.88. The van der Waals surface area contributed by atoms with Gasteiger partial charge in [-0.3, -0.25) is 0 Å². The summed E-state index contributed by atoms with van der Waals surface area (Å²) < 4.78 is 13.3. The molecule has 16 heavy (non-hydrogen) atoms. The molecule has 82 valence electrons. The molecule has 0 saturated carbocycles. The molecule has 4 nitrogen and oxygen atoms in total. The highest BCUT2D eigenvalue weighted by molar-refractivity contribution is 6.28. The van der Waals surface area contributed by atoms with Gasteiger partial charge < -0.3 is 11.1 Å². The second-order valence-electron chi connectivity index (χ2n) is 3.09. The van der Waals surface area contributed by atoms with Crippen LogP contribution in [0.25, 0.3) is 0 Å². The van der Waals surface area contributed by atoms with Crippen molar-refractivity contribution in [2.45, 2.75) is 0 Å². The van der Waals surface area contributed by atoms with E-state index in [9.17, 15) is 4.39 Å². The number of anilines is 3. The Labute approximate surface area is 96.3 Å². The Balaban J connectivity index is 2.30. The second kappa shape index (κ2) is 4.32. The number of halogens is 2. The van der Waals surface area contributed by atoms with Gasteiger partial charge in [-0.05, 0) is 29.8 Å². The predicted octanol–water partition coefficient (Wildman–Crippen LogP) is 2.59. The fraction of sp³-hybridized carbons (Fsp3) is 0. The zero-order valence-corrected chi connectivity index (χ0v) is 8.87. The minimum Gasteiger partial charge on any atom is -0.399 e. The third-order valence-electron chi connectivity index (χ3n) is 1.86. The summed E-state index contributed by atoms with van der Waals surface area (Å²) in [4.78, 5) is 7.24. The zero-order chi connectivity index (χ0) is 11.5. The van der Waals surface area contributed by atoms with Gasteiger partial charge in [0.1, 0.15) is 0 Å². The molecular weight excluding hydrogens is 231 g/mol. The first-order chi connectivity index (χ1) is 7.65. The molecule has 0 aliphatic heterocycles. The van der Waals surface area contributed by atoms with Crippen LogP contribution in [0.2, 0.25) is 5.28 Å². The van der Waals surface area contributed by atoms with Gasteiger partial charge in [0, 0.05) is 11.4 Å². The van der Waals surface area contributed by atoms with Crippen LogP contribution in [-0.2, 0) is 0 Å². The maximum atomic E-state index is 13.3. The molecule has 0 radical (unpaired) electrons. The summed E-state index contributed by atoms with van der Waals surface area (Å²) in [5, 5.41) is 2.74. The summed E-state index contributed by atoms with van der Waals surface area (Å²) in [7, 11) is 0. The monoisotopic (exact) mass is 238 g/mol. The van der Waals surface area contributed by atoms with E-state index in [1.165, 1.54) is 0 Å². The van der Waals surface area contributed by atoms with Crippen molar-refractivity contribution in [3.05, 3.63) is 41.6 Å². The maximum absolute atomic E-state index is 13.3. The molecule has 0 atom stereocenters. The van der Waals surface area contributed by atoms with Crippen LogP contribution in [0.3, 0.4) is 0 Å². The molecule has 1 aromatic carbocycles. The van der Waals surface area contributed by atoms with Crippen LogP contribution >= 0.6 is 11.6 Å². The number of rotatable bonds is 2.